The summed E-state index contributed by atoms with van der Waals surface area (Å²) >= 11 is 0. The molecule has 0 N–H and O–H groups in total. The summed E-state index contributed by atoms with van der Waals surface area (Å²) in [7, 11) is 0. The first-order valence-corrected chi connectivity index (χ1v) is 5.64. The zero-order chi connectivity index (χ0) is 11.9. The Morgan fingerprint density at radius 3 is 2.65 bits per heavy atom. The van der Waals surface area contributed by atoms with Crippen molar-refractivity contribution in [3.8, 4) is 11.1 Å². The molecule has 0 unspecified atom stereocenters. The van der Waals surface area contributed by atoms with Gasteiger partial charge >= 0.3 is 0 Å². The van der Waals surface area contributed by atoms with Crippen molar-refractivity contribution in [3.05, 3.63) is 42.2 Å². The number of hydrogen-bond donors (Lipinski definition) is 0. The molecule has 0 radical (unpaired) electrons. The van der Waals surface area contributed by atoms with Crippen molar-refractivity contribution in [2.45, 2.75) is 19.3 Å². The number of rotatable bonds is 1. The number of fused-ring (bicyclic) bond motifs is 1. The number of aromatic nitrogens is 2. The van der Waals surface area contributed by atoms with E-state index in [-0.39, 0.29) is 5.41 Å². The van der Waals surface area contributed by atoms with Crippen molar-refractivity contribution in [1.29, 1.82) is 0 Å². The molecule has 2 aromatic rings. The fourth-order valence-electron chi connectivity index (χ4n) is 2.12. The molecule has 3 rings (SSSR count). The molecule has 0 atom stereocenters. The minimum atomic E-state index is 0.0460. The van der Waals surface area contributed by atoms with Gasteiger partial charge in [-0.2, -0.15) is 10.2 Å². The van der Waals surface area contributed by atoms with Gasteiger partial charge in [-0.25, -0.2) is 0 Å². The van der Waals surface area contributed by atoms with E-state index in [1.165, 1.54) is 5.56 Å². The molecule has 1 aliphatic heterocycles. The van der Waals surface area contributed by atoms with Crippen molar-refractivity contribution in [2.24, 2.45) is 4.99 Å². The lowest BCUT2D eigenvalue weighted by molar-refractivity contribution is 0.753. The Labute approximate surface area is 100 Å². The number of benzene rings is 1. The molecule has 3 nitrogen and oxygen atoms in total. The molecule has 0 fully saturated rings. The molecule has 84 valence electrons. The highest BCUT2D eigenvalue weighted by molar-refractivity contribution is 5.86. The number of nitrogens with zero attached hydrogens (tertiary/aromatic N) is 3. The van der Waals surface area contributed by atoms with Crippen molar-refractivity contribution < 1.29 is 0 Å². The summed E-state index contributed by atoms with van der Waals surface area (Å²) in [5.74, 6) is 0. The molecule has 0 aliphatic carbocycles. The third-order valence-corrected chi connectivity index (χ3v) is 3.14. The summed E-state index contributed by atoms with van der Waals surface area (Å²) < 4.78 is 0. The quantitative estimate of drug-likeness (QED) is 0.744. The summed E-state index contributed by atoms with van der Waals surface area (Å²) in [6.45, 7) is 4.35. The highest BCUT2D eigenvalue weighted by atomic mass is 15.1. The van der Waals surface area contributed by atoms with E-state index < -0.39 is 0 Å². The maximum atomic E-state index is 4.48. The molecular weight excluding hydrogens is 210 g/mol. The van der Waals surface area contributed by atoms with Crippen molar-refractivity contribution in [2.75, 3.05) is 0 Å². The van der Waals surface area contributed by atoms with Gasteiger partial charge in [0, 0.05) is 17.2 Å². The Bertz CT molecular complexity index is 586. The number of aliphatic imine (C=N–C) groups is 1. The van der Waals surface area contributed by atoms with Gasteiger partial charge in [0.15, 0.2) is 0 Å². The molecule has 0 amide bonds. The van der Waals surface area contributed by atoms with Gasteiger partial charge in [-0.3, -0.25) is 4.99 Å². The Hall–Kier alpha value is -2.03. The van der Waals surface area contributed by atoms with Gasteiger partial charge in [-0.05, 0) is 23.3 Å². The highest BCUT2D eigenvalue weighted by Crippen LogP contribution is 2.38. The van der Waals surface area contributed by atoms with E-state index in [4.69, 9.17) is 0 Å². The monoisotopic (exact) mass is 223 g/mol. The Morgan fingerprint density at radius 1 is 1.00 bits per heavy atom. The Kier molecular flexibility index (Phi) is 2.08. The van der Waals surface area contributed by atoms with Crippen LogP contribution in [-0.2, 0) is 5.41 Å². The first-order valence-electron chi connectivity index (χ1n) is 5.64. The minimum absolute atomic E-state index is 0.0460. The topological polar surface area (TPSA) is 38.1 Å². The van der Waals surface area contributed by atoms with Gasteiger partial charge in [-0.1, -0.05) is 26.0 Å². The predicted octanol–water partition coefficient (Wildman–Crippen LogP) is 3.14. The second-order valence-corrected chi connectivity index (χ2v) is 4.84. The van der Waals surface area contributed by atoms with Crippen LogP contribution in [0.15, 0.2) is 41.7 Å². The summed E-state index contributed by atoms with van der Waals surface area (Å²) in [5.41, 5.74) is 4.59. The fraction of sp³-hybridized carbons (Fsp3) is 0.214. The maximum Gasteiger partial charge on any atom is 0.0673 e. The zero-order valence-corrected chi connectivity index (χ0v) is 9.88. The first-order chi connectivity index (χ1) is 8.17. The fourth-order valence-corrected chi connectivity index (χ4v) is 2.12. The molecule has 0 saturated carbocycles. The van der Waals surface area contributed by atoms with Gasteiger partial charge < -0.3 is 0 Å². The largest absolute Gasteiger partial charge is 0.260 e. The van der Waals surface area contributed by atoms with Gasteiger partial charge in [0.05, 0.1) is 18.1 Å². The Balaban J connectivity index is 2.10. The second-order valence-electron chi connectivity index (χ2n) is 4.84. The lowest BCUT2D eigenvalue weighted by Crippen LogP contribution is -2.14. The molecule has 2 heterocycles. The Morgan fingerprint density at radius 2 is 1.88 bits per heavy atom. The van der Waals surface area contributed by atoms with Crippen LogP contribution in [0.25, 0.3) is 11.1 Å². The highest BCUT2D eigenvalue weighted by Gasteiger charge is 2.26. The average molecular weight is 223 g/mol. The van der Waals surface area contributed by atoms with E-state index in [1.807, 2.05) is 12.3 Å². The molecule has 0 saturated heterocycles. The minimum Gasteiger partial charge on any atom is -0.260 e. The van der Waals surface area contributed by atoms with Crippen molar-refractivity contribution >= 4 is 11.9 Å². The summed E-state index contributed by atoms with van der Waals surface area (Å²) in [4.78, 5) is 4.48. The van der Waals surface area contributed by atoms with Crippen LogP contribution in [0.5, 0.6) is 0 Å². The SMILES string of the molecule is CC1(C)C=Nc2cc(-c3ccnnc3)ccc21. The summed E-state index contributed by atoms with van der Waals surface area (Å²) in [6, 6.07) is 8.33. The van der Waals surface area contributed by atoms with E-state index in [2.05, 4.69) is 47.2 Å². The van der Waals surface area contributed by atoms with Gasteiger partial charge in [0.25, 0.3) is 0 Å². The normalized spacial score (nSPS) is 15.9. The van der Waals surface area contributed by atoms with Crippen LogP contribution >= 0.6 is 0 Å². The zero-order valence-electron chi connectivity index (χ0n) is 9.88. The van der Waals surface area contributed by atoms with E-state index in [0.717, 1.165) is 16.8 Å². The van der Waals surface area contributed by atoms with Crippen LogP contribution < -0.4 is 0 Å². The van der Waals surface area contributed by atoms with Crippen LogP contribution in [0.3, 0.4) is 0 Å². The van der Waals surface area contributed by atoms with Gasteiger partial charge in [0.1, 0.15) is 0 Å². The number of hydrogen-bond acceptors (Lipinski definition) is 3. The van der Waals surface area contributed by atoms with Crippen molar-refractivity contribution in [1.82, 2.24) is 10.2 Å². The summed E-state index contributed by atoms with van der Waals surface area (Å²) in [6.07, 6.45) is 5.48. The first kappa shape index (κ1) is 10.1. The summed E-state index contributed by atoms with van der Waals surface area (Å²) in [5, 5.41) is 7.68. The molecule has 1 aliphatic rings. The van der Waals surface area contributed by atoms with Gasteiger partial charge in [0.2, 0.25) is 0 Å². The van der Waals surface area contributed by atoms with Crippen LogP contribution in [0, 0.1) is 0 Å². The predicted molar refractivity (Wildman–Crippen MR) is 68.6 cm³/mol. The van der Waals surface area contributed by atoms with Crippen LogP contribution in [0.4, 0.5) is 5.69 Å². The lowest BCUT2D eigenvalue weighted by atomic mass is 9.86. The average Bonchev–Trinajstić information content (AvgIpc) is 2.66. The van der Waals surface area contributed by atoms with Crippen LogP contribution in [0.1, 0.15) is 19.4 Å². The van der Waals surface area contributed by atoms with E-state index in [0.29, 0.717) is 0 Å². The van der Waals surface area contributed by atoms with E-state index in [1.54, 1.807) is 12.4 Å². The maximum absolute atomic E-state index is 4.48. The molecular formula is C14H13N3. The van der Waals surface area contributed by atoms with Crippen LogP contribution in [0.2, 0.25) is 0 Å². The lowest BCUT2D eigenvalue weighted by Gasteiger charge is -2.15. The van der Waals surface area contributed by atoms with Crippen molar-refractivity contribution in [3.63, 3.8) is 0 Å². The third-order valence-electron chi connectivity index (χ3n) is 3.14. The van der Waals surface area contributed by atoms with E-state index in [9.17, 15) is 0 Å². The molecule has 0 spiro atoms. The van der Waals surface area contributed by atoms with E-state index >= 15 is 0 Å². The second kappa shape index (κ2) is 3.48. The third kappa shape index (κ3) is 1.64. The smallest absolute Gasteiger partial charge is 0.0673 e. The van der Waals surface area contributed by atoms with Crippen LogP contribution in [-0.4, -0.2) is 16.4 Å². The molecule has 0 bridgehead atoms. The molecule has 1 aromatic carbocycles. The van der Waals surface area contributed by atoms with Gasteiger partial charge in [-0.15, -0.1) is 0 Å². The molecule has 17 heavy (non-hydrogen) atoms. The standard InChI is InChI=1S/C14H13N3/c1-14(2)9-15-13-7-10(3-4-12(13)14)11-5-6-16-17-8-11/h3-9H,1-2H3. The molecule has 3 heteroatoms. The molecule has 1 aromatic heterocycles.